The van der Waals surface area contributed by atoms with Gasteiger partial charge in [0.25, 0.3) is 7.82 Å². The molecule has 148 valence electrons. The van der Waals surface area contributed by atoms with Crippen LogP contribution in [0.2, 0.25) is 0 Å². The van der Waals surface area contributed by atoms with Crippen LogP contribution in [0.5, 0.6) is 0 Å². The molecule has 0 radical (unpaired) electrons. The molecule has 25 heavy (non-hydrogen) atoms. The maximum absolute atomic E-state index is 11.6. The van der Waals surface area contributed by atoms with Gasteiger partial charge in [0.05, 0.1) is 47.5 Å². The highest BCUT2D eigenvalue weighted by atomic mass is 31.2. The third kappa shape index (κ3) is 17.9. The largest absolute Gasteiger partial charge is 0.756 e. The Bertz CT molecular complexity index is 422. The Balaban J connectivity index is 3.49. The van der Waals surface area contributed by atoms with Crippen LogP contribution in [-0.2, 0) is 23.1 Å². The normalized spacial score (nSPS) is 14.1. The second kappa shape index (κ2) is 13.5. The van der Waals surface area contributed by atoms with Gasteiger partial charge in [-0.2, -0.15) is 0 Å². The molecule has 0 saturated heterocycles. The van der Waals surface area contributed by atoms with E-state index in [2.05, 4.69) is 27.7 Å². The van der Waals surface area contributed by atoms with E-state index in [1.165, 1.54) is 0 Å². The van der Waals surface area contributed by atoms with Crippen molar-refractivity contribution in [3.63, 3.8) is 0 Å². The number of hydrogen-bond donors (Lipinski definition) is 0. The van der Waals surface area contributed by atoms with E-state index in [-0.39, 0.29) is 13.2 Å². The molecule has 0 spiro atoms. The van der Waals surface area contributed by atoms with Crippen molar-refractivity contribution >= 4 is 13.8 Å². The van der Waals surface area contributed by atoms with Gasteiger partial charge in [0.15, 0.2) is 0 Å². The van der Waals surface area contributed by atoms with Crippen LogP contribution < -0.4 is 4.89 Å². The van der Waals surface area contributed by atoms with Crippen LogP contribution in [0, 0.1) is 0 Å². The first-order chi connectivity index (χ1) is 11.7. The van der Waals surface area contributed by atoms with Gasteiger partial charge in [0.2, 0.25) is 0 Å². The van der Waals surface area contributed by atoms with Gasteiger partial charge in [0, 0.05) is 6.08 Å². The molecule has 0 aliphatic heterocycles. The van der Waals surface area contributed by atoms with E-state index < -0.39 is 13.8 Å². The molecule has 0 fully saturated rings. The first-order valence-corrected chi connectivity index (χ1v) is 10.3. The fraction of sp³-hybridized carbons (Fsp3) is 0.824. The summed E-state index contributed by atoms with van der Waals surface area (Å²) in [7, 11) is 2.10. The smallest absolute Gasteiger partial charge is 0.330 e. The molecule has 1 unspecified atom stereocenters. The highest BCUT2D eigenvalue weighted by Crippen LogP contribution is 2.38. The third-order valence-corrected chi connectivity index (χ3v) is 4.42. The molecule has 0 bridgehead atoms. The molecular weight excluding hydrogens is 345 g/mol. The Kier molecular flexibility index (Phi) is 13.1. The Morgan fingerprint density at radius 2 is 1.44 bits per heavy atom. The molecule has 0 saturated carbocycles. The van der Waals surface area contributed by atoms with E-state index in [0.717, 1.165) is 49.2 Å². The first-order valence-electron chi connectivity index (χ1n) is 8.86. The Morgan fingerprint density at radius 3 is 1.96 bits per heavy atom. The number of nitrogens with zero attached hydrogens (tertiary/aromatic N) is 1. The van der Waals surface area contributed by atoms with Gasteiger partial charge < -0.3 is 23.2 Å². The predicted octanol–water partition coefficient (Wildman–Crippen LogP) is 2.65. The molecular formula is C17H34NO6P. The molecule has 0 aliphatic carbocycles. The van der Waals surface area contributed by atoms with Crippen molar-refractivity contribution in [2.75, 3.05) is 47.5 Å². The van der Waals surface area contributed by atoms with E-state index >= 15 is 0 Å². The van der Waals surface area contributed by atoms with Crippen molar-refractivity contribution in [3.05, 3.63) is 12.7 Å². The second-order valence-electron chi connectivity index (χ2n) is 6.97. The second-order valence-corrected chi connectivity index (χ2v) is 8.38. The summed E-state index contributed by atoms with van der Waals surface area (Å²) in [4.78, 5) is 22.4. The number of rotatable bonds is 16. The molecule has 0 heterocycles. The first kappa shape index (κ1) is 24.3. The Morgan fingerprint density at radius 1 is 0.960 bits per heavy atom. The van der Waals surface area contributed by atoms with Crippen LogP contribution in [-0.4, -0.2) is 58.0 Å². The van der Waals surface area contributed by atoms with Crippen molar-refractivity contribution in [1.82, 2.24) is 0 Å². The minimum absolute atomic E-state index is 0.144. The summed E-state index contributed by atoms with van der Waals surface area (Å²) in [6, 6.07) is 0. The molecule has 0 N–H and O–H groups in total. The van der Waals surface area contributed by atoms with E-state index in [0.29, 0.717) is 19.4 Å². The van der Waals surface area contributed by atoms with Gasteiger partial charge in [-0.25, -0.2) is 4.79 Å². The predicted molar refractivity (Wildman–Crippen MR) is 95.9 cm³/mol. The van der Waals surface area contributed by atoms with Crippen LogP contribution in [0.4, 0.5) is 0 Å². The van der Waals surface area contributed by atoms with Crippen molar-refractivity contribution in [2.45, 2.75) is 44.9 Å². The SMILES string of the molecule is C=CC(=O)OCCCCCCCOP(=O)([O-])OCCCC[N+](C)(C)C. The van der Waals surface area contributed by atoms with Crippen molar-refractivity contribution in [2.24, 2.45) is 0 Å². The number of carbonyl (C=O) groups is 1. The molecule has 0 aliphatic rings. The van der Waals surface area contributed by atoms with E-state index in [1.807, 2.05) is 0 Å². The van der Waals surface area contributed by atoms with Crippen LogP contribution in [0.15, 0.2) is 12.7 Å². The monoisotopic (exact) mass is 379 g/mol. The molecule has 0 amide bonds. The average Bonchev–Trinajstić information content (AvgIpc) is 2.51. The number of quaternary nitrogens is 1. The van der Waals surface area contributed by atoms with E-state index in [4.69, 9.17) is 13.8 Å². The summed E-state index contributed by atoms with van der Waals surface area (Å²) in [5, 5.41) is 0. The number of phosphoric acid groups is 1. The van der Waals surface area contributed by atoms with Gasteiger partial charge >= 0.3 is 5.97 Å². The lowest BCUT2D eigenvalue weighted by atomic mass is 10.1. The average molecular weight is 379 g/mol. The number of unbranched alkanes of at least 4 members (excludes halogenated alkanes) is 5. The summed E-state index contributed by atoms with van der Waals surface area (Å²) >= 11 is 0. The number of hydrogen-bond acceptors (Lipinski definition) is 6. The molecule has 1 atom stereocenters. The fourth-order valence-corrected chi connectivity index (χ4v) is 2.82. The van der Waals surface area contributed by atoms with E-state index in [1.54, 1.807) is 0 Å². The number of carbonyl (C=O) groups excluding carboxylic acids is 1. The lowest BCUT2D eigenvalue weighted by Crippen LogP contribution is -2.35. The van der Waals surface area contributed by atoms with Crippen LogP contribution in [0.3, 0.4) is 0 Å². The highest BCUT2D eigenvalue weighted by molar-refractivity contribution is 7.45. The summed E-state index contributed by atoms with van der Waals surface area (Å²) in [6.07, 6.45) is 6.91. The van der Waals surface area contributed by atoms with Crippen molar-refractivity contribution < 1.29 is 32.5 Å². The molecule has 8 heteroatoms. The fourth-order valence-electron chi connectivity index (χ4n) is 2.04. The van der Waals surface area contributed by atoms with Gasteiger partial charge in [-0.05, 0) is 25.7 Å². The topological polar surface area (TPSA) is 84.9 Å². The lowest BCUT2D eigenvalue weighted by Gasteiger charge is -2.25. The highest BCUT2D eigenvalue weighted by Gasteiger charge is 2.10. The minimum atomic E-state index is -4.18. The van der Waals surface area contributed by atoms with Gasteiger partial charge in [-0.15, -0.1) is 0 Å². The quantitative estimate of drug-likeness (QED) is 0.135. The Hall–Kier alpha value is -0.720. The number of ether oxygens (including phenoxy) is 1. The van der Waals surface area contributed by atoms with Crippen molar-refractivity contribution in [3.8, 4) is 0 Å². The van der Waals surface area contributed by atoms with Gasteiger partial charge in [-0.1, -0.05) is 25.8 Å². The molecule has 0 aromatic carbocycles. The van der Waals surface area contributed by atoms with E-state index in [9.17, 15) is 14.3 Å². The maximum atomic E-state index is 11.6. The minimum Gasteiger partial charge on any atom is -0.756 e. The zero-order valence-electron chi connectivity index (χ0n) is 15.9. The Labute approximate surface area is 152 Å². The lowest BCUT2D eigenvalue weighted by molar-refractivity contribution is -0.870. The molecule has 0 aromatic rings. The summed E-state index contributed by atoms with van der Waals surface area (Å²) in [5.74, 6) is -0.405. The van der Waals surface area contributed by atoms with Crippen LogP contribution in [0.1, 0.15) is 44.9 Å². The maximum Gasteiger partial charge on any atom is 0.330 e. The summed E-state index contributed by atoms with van der Waals surface area (Å²) in [6.45, 7) is 4.99. The molecule has 0 rings (SSSR count). The zero-order valence-corrected chi connectivity index (χ0v) is 16.8. The van der Waals surface area contributed by atoms with Crippen molar-refractivity contribution in [1.29, 1.82) is 0 Å². The standard InChI is InChI=1S/C17H34NO6P/c1-5-17(19)22-14-10-7-6-8-11-15-23-25(20,21)24-16-12-9-13-18(2,3)4/h5H,1,6-16H2,2-4H3. The zero-order chi connectivity index (χ0) is 19.2. The summed E-state index contributed by atoms with van der Waals surface area (Å²) in [5.41, 5.74) is 0. The number of phosphoric ester groups is 1. The third-order valence-electron chi connectivity index (χ3n) is 3.42. The molecule has 7 nitrogen and oxygen atoms in total. The van der Waals surface area contributed by atoms with Crippen LogP contribution in [0.25, 0.3) is 0 Å². The van der Waals surface area contributed by atoms with Gasteiger partial charge in [-0.3, -0.25) is 4.57 Å². The summed E-state index contributed by atoms with van der Waals surface area (Å²) < 4.78 is 27.0. The molecule has 0 aromatic heterocycles. The van der Waals surface area contributed by atoms with Gasteiger partial charge in [0.1, 0.15) is 0 Å². The number of esters is 1. The van der Waals surface area contributed by atoms with Crippen LogP contribution >= 0.6 is 7.82 Å².